The molecule has 1 aromatic heterocycles. The number of halogens is 1. The third kappa shape index (κ3) is 2.76. The van der Waals surface area contributed by atoms with Crippen LogP contribution in [0.5, 0.6) is 5.75 Å². The predicted molar refractivity (Wildman–Crippen MR) is 84.3 cm³/mol. The van der Waals surface area contributed by atoms with Crippen LogP contribution < -0.4 is 10.5 Å². The first kappa shape index (κ1) is 15.1. The van der Waals surface area contributed by atoms with E-state index < -0.39 is 0 Å². The van der Waals surface area contributed by atoms with E-state index in [2.05, 4.69) is 15.9 Å². The second-order valence-corrected chi connectivity index (χ2v) is 5.70. The summed E-state index contributed by atoms with van der Waals surface area (Å²) in [6, 6.07) is 5.69. The Morgan fingerprint density at radius 3 is 2.45 bits per heavy atom. The van der Waals surface area contributed by atoms with Crippen molar-refractivity contribution in [3.63, 3.8) is 0 Å². The van der Waals surface area contributed by atoms with Crippen molar-refractivity contribution in [3.05, 3.63) is 50.9 Å². The Labute approximate surface area is 128 Å². The molecule has 0 aliphatic heterocycles. The normalized spacial score (nSPS) is 12.5. The van der Waals surface area contributed by atoms with E-state index in [0.717, 1.165) is 38.4 Å². The molecule has 20 heavy (non-hydrogen) atoms. The zero-order valence-corrected chi connectivity index (χ0v) is 13.9. The zero-order valence-electron chi connectivity index (χ0n) is 12.3. The van der Waals surface area contributed by atoms with Gasteiger partial charge in [-0.15, -0.1) is 0 Å². The van der Waals surface area contributed by atoms with Gasteiger partial charge in [0.25, 0.3) is 0 Å². The van der Waals surface area contributed by atoms with Crippen LogP contribution in [0.15, 0.2) is 27.1 Å². The summed E-state index contributed by atoms with van der Waals surface area (Å²) >= 11 is 3.58. The molecule has 0 radical (unpaired) electrons. The molecule has 4 heteroatoms. The van der Waals surface area contributed by atoms with Gasteiger partial charge in [0.05, 0.1) is 12.6 Å². The number of hydrogen-bond donors (Lipinski definition) is 1. The molecule has 0 saturated carbocycles. The predicted octanol–water partition coefficient (Wildman–Crippen LogP) is 4.41. The van der Waals surface area contributed by atoms with Crippen LogP contribution in [0.4, 0.5) is 0 Å². The van der Waals surface area contributed by atoms with Gasteiger partial charge >= 0.3 is 0 Å². The summed E-state index contributed by atoms with van der Waals surface area (Å²) in [4.78, 5) is 0. The number of benzene rings is 1. The number of nitrogens with two attached hydrogens (primary N) is 1. The number of hydrogen-bond acceptors (Lipinski definition) is 3. The van der Waals surface area contributed by atoms with Gasteiger partial charge in [-0.1, -0.05) is 22.0 Å². The lowest BCUT2D eigenvalue weighted by Gasteiger charge is -2.16. The maximum Gasteiger partial charge on any atom is 0.120 e. The van der Waals surface area contributed by atoms with Gasteiger partial charge in [0.2, 0.25) is 0 Å². The van der Waals surface area contributed by atoms with Crippen molar-refractivity contribution in [1.29, 1.82) is 0 Å². The van der Waals surface area contributed by atoms with E-state index in [1.165, 1.54) is 0 Å². The second kappa shape index (κ2) is 6.02. The van der Waals surface area contributed by atoms with E-state index >= 15 is 0 Å². The maximum atomic E-state index is 6.43. The molecule has 108 valence electrons. The molecule has 0 fully saturated rings. The first-order chi connectivity index (χ1) is 9.45. The van der Waals surface area contributed by atoms with E-state index in [1.807, 2.05) is 45.9 Å². The monoisotopic (exact) mass is 337 g/mol. The van der Waals surface area contributed by atoms with E-state index in [4.69, 9.17) is 14.9 Å². The molecule has 3 nitrogen and oxygen atoms in total. The van der Waals surface area contributed by atoms with E-state index in [1.54, 1.807) is 0 Å². The molecule has 1 atom stereocenters. The smallest absolute Gasteiger partial charge is 0.120 e. The van der Waals surface area contributed by atoms with Crippen LogP contribution in [0.3, 0.4) is 0 Å². The largest absolute Gasteiger partial charge is 0.494 e. The molecule has 0 aliphatic rings. The highest BCUT2D eigenvalue weighted by atomic mass is 79.9. The van der Waals surface area contributed by atoms with Gasteiger partial charge < -0.3 is 14.9 Å². The molecule has 0 saturated heterocycles. The van der Waals surface area contributed by atoms with Crippen LogP contribution in [0, 0.1) is 20.8 Å². The summed E-state index contributed by atoms with van der Waals surface area (Å²) in [6.07, 6.45) is 0. The van der Waals surface area contributed by atoms with Crippen LogP contribution in [-0.2, 0) is 0 Å². The molecule has 1 heterocycles. The van der Waals surface area contributed by atoms with Crippen molar-refractivity contribution < 1.29 is 9.15 Å². The van der Waals surface area contributed by atoms with Crippen molar-refractivity contribution in [1.82, 2.24) is 0 Å². The van der Waals surface area contributed by atoms with Crippen molar-refractivity contribution in [2.75, 3.05) is 6.61 Å². The molecule has 0 aliphatic carbocycles. The second-order valence-electron chi connectivity index (χ2n) is 4.85. The third-order valence-electron chi connectivity index (χ3n) is 3.55. The molecule has 0 bridgehead atoms. The molecular formula is C16H20BrNO2. The van der Waals surface area contributed by atoms with Crippen molar-refractivity contribution >= 4 is 15.9 Å². The highest BCUT2D eigenvalue weighted by molar-refractivity contribution is 9.10. The SMILES string of the molecule is CCOc1ccc(C(N)c2c(C)oc(C)c2C)c(Br)c1. The average molecular weight is 338 g/mol. The molecule has 0 spiro atoms. The van der Waals surface area contributed by atoms with Gasteiger partial charge in [0.15, 0.2) is 0 Å². The number of aryl methyl sites for hydroxylation is 2. The Kier molecular flexibility index (Phi) is 4.55. The van der Waals surface area contributed by atoms with E-state index in [0.29, 0.717) is 6.61 Å². The van der Waals surface area contributed by atoms with Gasteiger partial charge in [-0.2, -0.15) is 0 Å². The summed E-state index contributed by atoms with van der Waals surface area (Å²) in [5, 5.41) is 0. The van der Waals surface area contributed by atoms with Crippen LogP contribution in [-0.4, -0.2) is 6.61 Å². The summed E-state index contributed by atoms with van der Waals surface area (Å²) < 4.78 is 12.1. The fraction of sp³-hybridized carbons (Fsp3) is 0.375. The van der Waals surface area contributed by atoms with Crippen LogP contribution in [0.1, 0.15) is 41.2 Å². The molecule has 0 amide bonds. The quantitative estimate of drug-likeness (QED) is 0.898. The van der Waals surface area contributed by atoms with Crippen molar-refractivity contribution in [2.45, 2.75) is 33.7 Å². The summed E-state index contributed by atoms with van der Waals surface area (Å²) in [7, 11) is 0. The van der Waals surface area contributed by atoms with Crippen LogP contribution in [0.2, 0.25) is 0 Å². The minimum Gasteiger partial charge on any atom is -0.494 e. The summed E-state index contributed by atoms with van der Waals surface area (Å²) in [5.41, 5.74) is 9.64. The minimum absolute atomic E-state index is 0.211. The Morgan fingerprint density at radius 1 is 1.25 bits per heavy atom. The van der Waals surface area contributed by atoms with Crippen LogP contribution >= 0.6 is 15.9 Å². The minimum atomic E-state index is -0.211. The summed E-state index contributed by atoms with van der Waals surface area (Å²) in [6.45, 7) is 8.58. The highest BCUT2D eigenvalue weighted by Gasteiger charge is 2.21. The van der Waals surface area contributed by atoms with E-state index in [-0.39, 0.29) is 6.04 Å². The Morgan fingerprint density at radius 2 is 1.95 bits per heavy atom. The van der Waals surface area contributed by atoms with Crippen molar-refractivity contribution in [3.8, 4) is 5.75 Å². The lowest BCUT2D eigenvalue weighted by atomic mass is 9.96. The molecular weight excluding hydrogens is 318 g/mol. The summed E-state index contributed by atoms with van der Waals surface area (Å²) in [5.74, 6) is 2.65. The number of furan rings is 1. The number of ether oxygens (including phenoxy) is 1. The maximum absolute atomic E-state index is 6.43. The first-order valence-electron chi connectivity index (χ1n) is 6.70. The lowest BCUT2D eigenvalue weighted by molar-refractivity contribution is 0.340. The molecule has 1 aromatic carbocycles. The van der Waals surface area contributed by atoms with Gasteiger partial charge in [-0.3, -0.25) is 0 Å². The van der Waals surface area contributed by atoms with Gasteiger partial charge in [-0.25, -0.2) is 0 Å². The fourth-order valence-corrected chi connectivity index (χ4v) is 3.04. The average Bonchev–Trinajstić information content (AvgIpc) is 2.63. The lowest BCUT2D eigenvalue weighted by Crippen LogP contribution is -2.14. The first-order valence-corrected chi connectivity index (χ1v) is 7.49. The van der Waals surface area contributed by atoms with Crippen molar-refractivity contribution in [2.24, 2.45) is 5.73 Å². The zero-order chi connectivity index (χ0) is 14.9. The Bertz CT molecular complexity index is 619. The highest BCUT2D eigenvalue weighted by Crippen LogP contribution is 2.34. The van der Waals surface area contributed by atoms with Gasteiger partial charge in [0.1, 0.15) is 17.3 Å². The molecule has 2 N–H and O–H groups in total. The standard InChI is InChI=1S/C16H20BrNO2/c1-5-19-12-6-7-13(14(17)8-12)16(18)15-9(2)10(3)20-11(15)4/h6-8,16H,5,18H2,1-4H3. The fourth-order valence-electron chi connectivity index (χ4n) is 2.44. The number of rotatable bonds is 4. The molecule has 2 rings (SSSR count). The topological polar surface area (TPSA) is 48.4 Å². The Balaban J connectivity index is 2.40. The van der Waals surface area contributed by atoms with Gasteiger partial charge in [0, 0.05) is 10.0 Å². The Hall–Kier alpha value is -1.26. The van der Waals surface area contributed by atoms with E-state index in [9.17, 15) is 0 Å². The molecule has 2 aromatic rings. The molecule has 1 unspecified atom stereocenters. The van der Waals surface area contributed by atoms with Crippen LogP contribution in [0.25, 0.3) is 0 Å². The van der Waals surface area contributed by atoms with Gasteiger partial charge in [-0.05, 0) is 51.0 Å². The third-order valence-corrected chi connectivity index (χ3v) is 4.23.